The van der Waals surface area contributed by atoms with Gasteiger partial charge in [-0.2, -0.15) is 0 Å². The summed E-state index contributed by atoms with van der Waals surface area (Å²) in [7, 11) is 0. The van der Waals surface area contributed by atoms with E-state index in [1.807, 2.05) is 75.4 Å². The van der Waals surface area contributed by atoms with E-state index in [9.17, 15) is 19.5 Å². The molecular formula is C30H38N2O6. The number of hydrogen-bond acceptors (Lipinski definition) is 6. The lowest BCUT2D eigenvalue weighted by Gasteiger charge is -2.41. The topological polar surface area (TPSA) is 96.4 Å². The third-order valence-electron chi connectivity index (χ3n) is 8.51. The van der Waals surface area contributed by atoms with Gasteiger partial charge < -0.3 is 24.4 Å². The highest BCUT2D eigenvalue weighted by Gasteiger charge is 2.75. The molecule has 38 heavy (non-hydrogen) atoms. The van der Waals surface area contributed by atoms with Gasteiger partial charge in [-0.25, -0.2) is 0 Å². The van der Waals surface area contributed by atoms with Gasteiger partial charge >= 0.3 is 5.97 Å². The molecule has 4 aliphatic heterocycles. The van der Waals surface area contributed by atoms with Gasteiger partial charge in [0.25, 0.3) is 0 Å². The minimum Gasteiger partial charge on any atom is -0.465 e. The Kier molecular flexibility index (Phi) is 7.22. The monoisotopic (exact) mass is 522 g/mol. The summed E-state index contributed by atoms with van der Waals surface area (Å²) >= 11 is 0. The number of ether oxygens (including phenoxy) is 2. The average Bonchev–Trinajstić information content (AvgIpc) is 3.22. The molecule has 0 radical (unpaired) electrons. The number of carbonyl (C=O) groups excluding carboxylic acids is 3. The number of benzene rings is 1. The molecular weight excluding hydrogens is 484 g/mol. The summed E-state index contributed by atoms with van der Waals surface area (Å²) in [5.74, 6) is -2.95. The van der Waals surface area contributed by atoms with Crippen LogP contribution in [0.25, 0.3) is 0 Å². The van der Waals surface area contributed by atoms with E-state index in [2.05, 4.69) is 0 Å². The van der Waals surface area contributed by atoms with Crippen molar-refractivity contribution >= 4 is 17.8 Å². The van der Waals surface area contributed by atoms with Crippen molar-refractivity contribution in [3.63, 3.8) is 0 Å². The van der Waals surface area contributed by atoms with E-state index in [-0.39, 0.29) is 31.1 Å². The van der Waals surface area contributed by atoms with Gasteiger partial charge in [0.1, 0.15) is 17.6 Å². The molecule has 5 rings (SSSR count). The Labute approximate surface area is 224 Å². The summed E-state index contributed by atoms with van der Waals surface area (Å²) in [5.41, 5.74) is -1.54. The third-order valence-corrected chi connectivity index (χ3v) is 8.51. The van der Waals surface area contributed by atoms with Crippen LogP contribution in [0.2, 0.25) is 0 Å². The highest BCUT2D eigenvalue weighted by molar-refractivity contribution is 5.99. The smallest absolute Gasteiger partial charge is 0.313 e. The molecule has 0 bridgehead atoms. The maximum Gasteiger partial charge on any atom is 0.313 e. The quantitative estimate of drug-likeness (QED) is 0.472. The van der Waals surface area contributed by atoms with Crippen molar-refractivity contribution < 1.29 is 29.0 Å². The van der Waals surface area contributed by atoms with Gasteiger partial charge in [-0.3, -0.25) is 14.4 Å². The zero-order chi connectivity index (χ0) is 27.1. The zero-order valence-corrected chi connectivity index (χ0v) is 22.4. The Morgan fingerprint density at radius 3 is 2.50 bits per heavy atom. The number of amides is 2. The maximum atomic E-state index is 14.5. The molecule has 0 aliphatic carbocycles. The van der Waals surface area contributed by atoms with E-state index in [1.165, 1.54) is 4.90 Å². The van der Waals surface area contributed by atoms with Gasteiger partial charge in [0.05, 0.1) is 30.8 Å². The van der Waals surface area contributed by atoms with Crippen LogP contribution < -0.4 is 0 Å². The van der Waals surface area contributed by atoms with Crippen LogP contribution in [0.4, 0.5) is 0 Å². The van der Waals surface area contributed by atoms with E-state index >= 15 is 0 Å². The van der Waals surface area contributed by atoms with Crippen molar-refractivity contribution in [2.45, 2.75) is 75.8 Å². The summed E-state index contributed by atoms with van der Waals surface area (Å²) < 4.78 is 12.5. The fourth-order valence-electron chi connectivity index (χ4n) is 6.75. The molecule has 8 nitrogen and oxygen atoms in total. The van der Waals surface area contributed by atoms with Gasteiger partial charge in [0, 0.05) is 12.6 Å². The zero-order valence-electron chi connectivity index (χ0n) is 22.4. The molecule has 4 heterocycles. The summed E-state index contributed by atoms with van der Waals surface area (Å²) in [4.78, 5) is 45.6. The van der Waals surface area contributed by atoms with E-state index in [1.54, 1.807) is 4.90 Å². The largest absolute Gasteiger partial charge is 0.465 e. The number of aliphatic hydroxyl groups is 1. The van der Waals surface area contributed by atoms with Crippen LogP contribution in [-0.4, -0.2) is 81.8 Å². The van der Waals surface area contributed by atoms with Gasteiger partial charge in [0.2, 0.25) is 11.8 Å². The Morgan fingerprint density at radius 2 is 1.79 bits per heavy atom. The Balaban J connectivity index is 1.65. The molecule has 6 atom stereocenters. The van der Waals surface area contributed by atoms with Crippen LogP contribution in [0.5, 0.6) is 0 Å². The van der Waals surface area contributed by atoms with Gasteiger partial charge in [-0.15, -0.1) is 0 Å². The first-order valence-electron chi connectivity index (χ1n) is 13.7. The molecule has 4 aliphatic rings. The normalized spacial score (nSPS) is 34.9. The van der Waals surface area contributed by atoms with Gasteiger partial charge in [0.15, 0.2) is 0 Å². The van der Waals surface area contributed by atoms with E-state index < -0.39 is 41.1 Å². The Hall–Kier alpha value is -2.97. The first-order chi connectivity index (χ1) is 18.2. The molecule has 204 valence electrons. The lowest BCUT2D eigenvalue weighted by atomic mass is 9.74. The lowest BCUT2D eigenvalue weighted by Crippen LogP contribution is -2.59. The highest BCUT2D eigenvalue weighted by Crippen LogP contribution is 2.57. The third kappa shape index (κ3) is 4.28. The number of rotatable bonds is 5. The average molecular weight is 523 g/mol. The minimum absolute atomic E-state index is 0.109. The Bertz CT molecular complexity index is 1130. The summed E-state index contributed by atoms with van der Waals surface area (Å²) in [6.45, 7) is 6.02. The first kappa shape index (κ1) is 26.6. The minimum atomic E-state index is -1.36. The van der Waals surface area contributed by atoms with Crippen LogP contribution in [-0.2, 0) is 30.3 Å². The molecule has 0 saturated carbocycles. The number of cyclic esters (lactones) is 1. The summed E-state index contributed by atoms with van der Waals surface area (Å²) in [5, 5.41) is 10.6. The first-order valence-corrected chi connectivity index (χ1v) is 13.7. The number of hydrogen-bond donors (Lipinski definition) is 1. The van der Waals surface area contributed by atoms with Crippen molar-refractivity contribution in [1.82, 2.24) is 9.80 Å². The Morgan fingerprint density at radius 1 is 1.03 bits per heavy atom. The van der Waals surface area contributed by atoms with Crippen molar-refractivity contribution in [2.24, 2.45) is 11.8 Å². The predicted octanol–water partition coefficient (Wildman–Crippen LogP) is 2.65. The molecule has 0 aromatic heterocycles. The van der Waals surface area contributed by atoms with Crippen molar-refractivity contribution in [3.05, 3.63) is 60.2 Å². The SMILES string of the molecule is CC(C)N1CC=C[C@]23O[C@]4(C)/C=C\CCCCOC(=O)[C@@H]4[C@H]2C(=O)N([C@@H](CO)Cc2ccccc2)C3C1=O. The number of fused-ring (bicyclic) bond motifs is 2. The van der Waals surface area contributed by atoms with Crippen LogP contribution in [0.1, 0.15) is 45.6 Å². The van der Waals surface area contributed by atoms with Crippen LogP contribution in [0.15, 0.2) is 54.6 Å². The van der Waals surface area contributed by atoms with Gasteiger partial charge in [-0.05, 0) is 52.0 Å². The second kappa shape index (κ2) is 10.3. The molecule has 8 heteroatoms. The van der Waals surface area contributed by atoms with Crippen LogP contribution >= 0.6 is 0 Å². The number of likely N-dealkylation sites (tertiary alicyclic amines) is 1. The molecule has 2 fully saturated rings. The van der Waals surface area contributed by atoms with Crippen molar-refractivity contribution in [3.8, 4) is 0 Å². The van der Waals surface area contributed by atoms with E-state index in [4.69, 9.17) is 9.47 Å². The van der Waals surface area contributed by atoms with Crippen molar-refractivity contribution in [2.75, 3.05) is 19.8 Å². The maximum absolute atomic E-state index is 14.5. The lowest BCUT2D eigenvalue weighted by molar-refractivity contribution is -0.162. The fourth-order valence-corrected chi connectivity index (χ4v) is 6.75. The molecule has 1 unspecified atom stereocenters. The second-order valence-corrected chi connectivity index (χ2v) is 11.3. The highest BCUT2D eigenvalue weighted by atomic mass is 16.6. The summed E-state index contributed by atoms with van der Waals surface area (Å²) in [6.07, 6.45) is 10.4. The molecule has 1 spiro atoms. The predicted molar refractivity (Wildman–Crippen MR) is 141 cm³/mol. The van der Waals surface area contributed by atoms with Crippen LogP contribution in [0, 0.1) is 11.8 Å². The molecule has 2 amide bonds. The number of carbonyl (C=O) groups is 3. The molecule has 1 aromatic carbocycles. The number of nitrogens with zero attached hydrogens (tertiary/aromatic N) is 2. The van der Waals surface area contributed by atoms with E-state index in [0.29, 0.717) is 13.0 Å². The summed E-state index contributed by atoms with van der Waals surface area (Å²) in [6, 6.07) is 7.80. The van der Waals surface area contributed by atoms with Crippen LogP contribution in [0.3, 0.4) is 0 Å². The molecule has 1 N–H and O–H groups in total. The van der Waals surface area contributed by atoms with E-state index in [0.717, 1.165) is 24.8 Å². The molecule has 2 saturated heterocycles. The number of allylic oxidation sites excluding steroid dienone is 1. The second-order valence-electron chi connectivity index (χ2n) is 11.3. The van der Waals surface area contributed by atoms with Crippen molar-refractivity contribution in [1.29, 1.82) is 0 Å². The molecule has 1 aromatic rings. The number of esters is 1. The van der Waals surface area contributed by atoms with Gasteiger partial charge in [-0.1, -0.05) is 54.6 Å². The standard InChI is InChI=1S/C30H38N2O6/c1-20(2)31-16-11-15-30-23(24-28(36)37-17-10-5-4-9-14-29(24,3)38-30)26(34)32(25(30)27(31)35)22(19-33)18-21-12-7-6-8-13-21/h6-9,11-15,20,22-25,33H,4-5,10,16-19H2,1-3H3/b14-9-/t22-,23+,24+,25?,29-,30+/m1/s1. The fraction of sp³-hybridized carbons (Fsp3) is 0.567. The number of aliphatic hydroxyl groups excluding tert-OH is 1.